The Morgan fingerprint density at radius 1 is 1.14 bits per heavy atom. The minimum absolute atomic E-state index is 0.0663. The molecule has 1 amide bonds. The minimum Gasteiger partial charge on any atom is -0.494 e. The Hall–Kier alpha value is -2.13. The fourth-order valence-electron chi connectivity index (χ4n) is 3.10. The molecule has 1 N–H and O–H groups in total. The van der Waals surface area contributed by atoms with Crippen LogP contribution in [-0.4, -0.2) is 57.5 Å². The lowest BCUT2D eigenvalue weighted by Crippen LogP contribution is -2.49. The number of esters is 1. The molecule has 1 aliphatic rings. The molecule has 28 heavy (non-hydrogen) atoms. The van der Waals surface area contributed by atoms with Crippen LogP contribution in [-0.2, 0) is 24.3 Å². The van der Waals surface area contributed by atoms with Gasteiger partial charge in [0.05, 0.1) is 30.1 Å². The third kappa shape index (κ3) is 5.68. The summed E-state index contributed by atoms with van der Waals surface area (Å²) in [4.78, 5) is 26.1. The molecular formula is C19H28N2O6S. The van der Waals surface area contributed by atoms with Crippen molar-refractivity contribution < 1.29 is 27.5 Å². The summed E-state index contributed by atoms with van der Waals surface area (Å²) in [5, 5.41) is 0. The van der Waals surface area contributed by atoms with E-state index in [9.17, 15) is 18.0 Å². The molecule has 0 aliphatic carbocycles. The van der Waals surface area contributed by atoms with Crippen molar-refractivity contribution in [3.8, 4) is 5.75 Å². The van der Waals surface area contributed by atoms with Crippen LogP contribution in [0.2, 0.25) is 0 Å². The lowest BCUT2D eigenvalue weighted by atomic mass is 9.96. The van der Waals surface area contributed by atoms with E-state index in [1.165, 1.54) is 19.1 Å². The Balaban J connectivity index is 1.93. The van der Waals surface area contributed by atoms with E-state index >= 15 is 0 Å². The van der Waals surface area contributed by atoms with E-state index in [1.807, 2.05) is 6.92 Å². The van der Waals surface area contributed by atoms with E-state index in [-0.39, 0.29) is 22.7 Å². The summed E-state index contributed by atoms with van der Waals surface area (Å²) in [5.74, 6) is -0.175. The van der Waals surface area contributed by atoms with E-state index in [1.54, 1.807) is 24.0 Å². The molecule has 0 unspecified atom stereocenters. The second kappa shape index (κ2) is 9.88. The molecule has 1 aromatic carbocycles. The van der Waals surface area contributed by atoms with Gasteiger partial charge in [-0.3, -0.25) is 9.59 Å². The van der Waals surface area contributed by atoms with E-state index in [4.69, 9.17) is 9.47 Å². The molecule has 0 radical (unpaired) electrons. The molecular weight excluding hydrogens is 384 g/mol. The fraction of sp³-hybridized carbons (Fsp3) is 0.579. The number of ether oxygens (including phenoxy) is 2. The molecule has 0 saturated carbocycles. The van der Waals surface area contributed by atoms with Crippen LogP contribution in [0.4, 0.5) is 0 Å². The molecule has 0 spiro atoms. The van der Waals surface area contributed by atoms with Gasteiger partial charge in [-0.2, -0.15) is 4.72 Å². The Morgan fingerprint density at radius 3 is 2.29 bits per heavy atom. The number of hydrogen-bond donors (Lipinski definition) is 1. The Morgan fingerprint density at radius 2 is 1.75 bits per heavy atom. The Bertz CT molecular complexity index is 770. The van der Waals surface area contributed by atoms with Crippen molar-refractivity contribution in [2.75, 3.05) is 26.3 Å². The molecule has 9 heteroatoms. The topological polar surface area (TPSA) is 102 Å². The molecule has 1 fully saturated rings. The van der Waals surface area contributed by atoms with Gasteiger partial charge in [0, 0.05) is 13.1 Å². The first-order chi connectivity index (χ1) is 13.3. The van der Waals surface area contributed by atoms with Crippen LogP contribution in [0.15, 0.2) is 29.2 Å². The third-order valence-corrected chi connectivity index (χ3v) is 6.13. The number of likely N-dealkylation sites (tertiary alicyclic amines) is 1. The standard InChI is InChI=1S/C19H28N2O6S/c1-4-26-16-6-8-17(9-7-16)28(24,25)20-14(3)18(22)21-12-10-15(11-13-21)19(23)27-5-2/h6-9,14-15,20H,4-5,10-13H2,1-3H3/t14-/m1/s1. The lowest BCUT2D eigenvalue weighted by Gasteiger charge is -2.32. The number of carbonyl (C=O) groups excluding carboxylic acids is 2. The maximum absolute atomic E-state index is 12.6. The summed E-state index contributed by atoms with van der Waals surface area (Å²) >= 11 is 0. The van der Waals surface area contributed by atoms with E-state index in [0.717, 1.165) is 0 Å². The maximum atomic E-state index is 12.6. The Kier molecular flexibility index (Phi) is 7.82. The van der Waals surface area contributed by atoms with Gasteiger partial charge in [0.15, 0.2) is 0 Å². The van der Waals surface area contributed by atoms with Gasteiger partial charge in [0.2, 0.25) is 15.9 Å². The first-order valence-corrected chi connectivity index (χ1v) is 11.0. The normalized spacial score (nSPS) is 16.5. The van der Waals surface area contributed by atoms with Gasteiger partial charge < -0.3 is 14.4 Å². The number of nitrogens with zero attached hydrogens (tertiary/aromatic N) is 1. The van der Waals surface area contributed by atoms with Crippen LogP contribution in [0.1, 0.15) is 33.6 Å². The van der Waals surface area contributed by atoms with Crippen LogP contribution >= 0.6 is 0 Å². The van der Waals surface area contributed by atoms with Gasteiger partial charge in [-0.05, 0) is 57.9 Å². The summed E-state index contributed by atoms with van der Waals surface area (Å²) < 4.78 is 37.8. The number of piperidine rings is 1. The van der Waals surface area contributed by atoms with Crippen molar-refractivity contribution in [3.63, 3.8) is 0 Å². The van der Waals surface area contributed by atoms with Crippen molar-refractivity contribution in [2.45, 2.75) is 44.6 Å². The predicted octanol–water partition coefficient (Wildman–Crippen LogP) is 1.55. The fourth-order valence-corrected chi connectivity index (χ4v) is 4.30. The third-order valence-electron chi connectivity index (χ3n) is 4.57. The number of hydrogen-bond acceptors (Lipinski definition) is 6. The minimum atomic E-state index is -3.83. The second-order valence-corrected chi connectivity index (χ2v) is 8.31. The summed E-state index contributed by atoms with van der Waals surface area (Å²) in [7, 11) is -3.83. The lowest BCUT2D eigenvalue weighted by molar-refractivity contribution is -0.151. The number of sulfonamides is 1. The van der Waals surface area contributed by atoms with E-state index < -0.39 is 16.1 Å². The molecule has 1 atom stereocenters. The number of rotatable bonds is 8. The first kappa shape index (κ1) is 22.2. The predicted molar refractivity (Wildman–Crippen MR) is 103 cm³/mol. The number of benzene rings is 1. The molecule has 0 bridgehead atoms. The van der Waals surface area contributed by atoms with Gasteiger partial charge in [-0.1, -0.05) is 0 Å². The summed E-state index contributed by atoms with van der Waals surface area (Å²) in [6.45, 7) is 6.75. The van der Waals surface area contributed by atoms with Crippen LogP contribution in [0.3, 0.4) is 0 Å². The molecule has 2 rings (SSSR count). The van der Waals surface area contributed by atoms with Crippen LogP contribution < -0.4 is 9.46 Å². The largest absolute Gasteiger partial charge is 0.494 e. The van der Waals surface area contributed by atoms with Crippen molar-refractivity contribution in [3.05, 3.63) is 24.3 Å². The van der Waals surface area contributed by atoms with Crippen molar-refractivity contribution in [1.29, 1.82) is 0 Å². The first-order valence-electron chi connectivity index (χ1n) is 9.49. The highest BCUT2D eigenvalue weighted by atomic mass is 32.2. The van der Waals surface area contributed by atoms with Crippen molar-refractivity contribution in [1.82, 2.24) is 9.62 Å². The number of nitrogens with one attached hydrogen (secondary N) is 1. The molecule has 0 aromatic heterocycles. The molecule has 1 aliphatic heterocycles. The average molecular weight is 413 g/mol. The quantitative estimate of drug-likeness (QED) is 0.650. The highest BCUT2D eigenvalue weighted by molar-refractivity contribution is 7.89. The van der Waals surface area contributed by atoms with Gasteiger partial charge in [0.1, 0.15) is 5.75 Å². The van der Waals surface area contributed by atoms with Crippen LogP contribution in [0.5, 0.6) is 5.75 Å². The molecule has 1 aromatic rings. The summed E-state index contributed by atoms with van der Waals surface area (Å²) in [6, 6.07) is 5.12. The number of carbonyl (C=O) groups is 2. The smallest absolute Gasteiger partial charge is 0.309 e. The SMILES string of the molecule is CCOC(=O)C1CCN(C(=O)[C@@H](C)NS(=O)(=O)c2ccc(OCC)cc2)CC1. The highest BCUT2D eigenvalue weighted by Gasteiger charge is 2.31. The Labute approximate surface area is 166 Å². The monoisotopic (exact) mass is 412 g/mol. The molecule has 1 saturated heterocycles. The van der Waals surface area contributed by atoms with E-state index in [2.05, 4.69) is 4.72 Å². The zero-order chi connectivity index (χ0) is 20.7. The summed E-state index contributed by atoms with van der Waals surface area (Å²) in [6.07, 6.45) is 1.03. The number of amides is 1. The van der Waals surface area contributed by atoms with Crippen molar-refractivity contribution >= 4 is 21.9 Å². The highest BCUT2D eigenvalue weighted by Crippen LogP contribution is 2.20. The second-order valence-electron chi connectivity index (χ2n) is 6.60. The van der Waals surface area contributed by atoms with Gasteiger partial charge >= 0.3 is 5.97 Å². The average Bonchev–Trinajstić information content (AvgIpc) is 2.68. The molecule has 8 nitrogen and oxygen atoms in total. The van der Waals surface area contributed by atoms with Crippen LogP contribution in [0, 0.1) is 5.92 Å². The maximum Gasteiger partial charge on any atom is 0.309 e. The molecule has 156 valence electrons. The van der Waals surface area contributed by atoms with Gasteiger partial charge in [0.25, 0.3) is 0 Å². The zero-order valence-electron chi connectivity index (χ0n) is 16.5. The molecule has 1 heterocycles. The van der Waals surface area contributed by atoms with Gasteiger partial charge in [-0.15, -0.1) is 0 Å². The van der Waals surface area contributed by atoms with E-state index in [0.29, 0.717) is 44.9 Å². The van der Waals surface area contributed by atoms with Gasteiger partial charge in [-0.25, -0.2) is 8.42 Å². The summed E-state index contributed by atoms with van der Waals surface area (Å²) in [5.41, 5.74) is 0. The van der Waals surface area contributed by atoms with Crippen molar-refractivity contribution in [2.24, 2.45) is 5.92 Å². The van der Waals surface area contributed by atoms with Crippen LogP contribution in [0.25, 0.3) is 0 Å². The zero-order valence-corrected chi connectivity index (χ0v) is 17.3.